The van der Waals surface area contributed by atoms with Crippen LogP contribution in [0.2, 0.25) is 0 Å². The van der Waals surface area contributed by atoms with Crippen LogP contribution in [0.5, 0.6) is 0 Å². The van der Waals surface area contributed by atoms with Crippen molar-refractivity contribution in [2.45, 2.75) is 38.1 Å². The molecule has 2 heteroatoms. The van der Waals surface area contributed by atoms with E-state index in [9.17, 15) is 5.11 Å². The van der Waals surface area contributed by atoms with Crippen LogP contribution in [0.15, 0.2) is 0 Å². The SMILES string of the molecule is CCC[C@@]1(CO)CCCN1C. The Morgan fingerprint density at radius 1 is 1.55 bits per heavy atom. The van der Waals surface area contributed by atoms with Crippen LogP contribution in [-0.2, 0) is 0 Å². The molecule has 0 unspecified atom stereocenters. The molecule has 1 atom stereocenters. The number of likely N-dealkylation sites (N-methyl/N-ethyl adjacent to an activating group) is 1. The Kier molecular flexibility index (Phi) is 2.90. The normalized spacial score (nSPS) is 33.0. The fourth-order valence-electron chi connectivity index (χ4n) is 2.13. The second kappa shape index (κ2) is 3.55. The molecule has 0 bridgehead atoms. The van der Waals surface area contributed by atoms with Gasteiger partial charge in [0.15, 0.2) is 0 Å². The molecule has 1 aliphatic rings. The van der Waals surface area contributed by atoms with E-state index < -0.39 is 0 Å². The number of aliphatic hydroxyl groups excluding tert-OH is 1. The lowest BCUT2D eigenvalue weighted by molar-refractivity contribution is 0.0754. The molecule has 0 amide bonds. The largest absolute Gasteiger partial charge is 0.394 e. The van der Waals surface area contributed by atoms with E-state index in [1.807, 2.05) is 0 Å². The van der Waals surface area contributed by atoms with Gasteiger partial charge in [0.05, 0.1) is 6.61 Å². The van der Waals surface area contributed by atoms with Crippen molar-refractivity contribution in [3.63, 3.8) is 0 Å². The van der Waals surface area contributed by atoms with Crippen LogP contribution in [0, 0.1) is 0 Å². The van der Waals surface area contributed by atoms with E-state index in [4.69, 9.17) is 0 Å². The highest BCUT2D eigenvalue weighted by Crippen LogP contribution is 2.31. The second-order valence-corrected chi connectivity index (χ2v) is 3.66. The van der Waals surface area contributed by atoms with Gasteiger partial charge in [0.25, 0.3) is 0 Å². The van der Waals surface area contributed by atoms with Gasteiger partial charge >= 0.3 is 0 Å². The monoisotopic (exact) mass is 157 g/mol. The summed E-state index contributed by atoms with van der Waals surface area (Å²) >= 11 is 0. The molecule has 1 aliphatic heterocycles. The summed E-state index contributed by atoms with van der Waals surface area (Å²) in [6, 6.07) is 0. The number of likely N-dealkylation sites (tertiary alicyclic amines) is 1. The Hall–Kier alpha value is -0.0800. The third kappa shape index (κ3) is 1.57. The van der Waals surface area contributed by atoms with Crippen molar-refractivity contribution in [3.8, 4) is 0 Å². The molecule has 0 spiro atoms. The molecular formula is C9H19NO. The molecule has 0 aromatic carbocycles. The fourth-order valence-corrected chi connectivity index (χ4v) is 2.13. The van der Waals surface area contributed by atoms with E-state index in [0.29, 0.717) is 6.61 Å². The highest BCUT2D eigenvalue weighted by molar-refractivity contribution is 4.93. The van der Waals surface area contributed by atoms with Gasteiger partial charge in [-0.1, -0.05) is 13.3 Å². The summed E-state index contributed by atoms with van der Waals surface area (Å²) in [6.07, 6.45) is 4.73. The molecule has 66 valence electrons. The van der Waals surface area contributed by atoms with Crippen LogP contribution in [0.3, 0.4) is 0 Å². The van der Waals surface area contributed by atoms with Gasteiger partial charge in [0, 0.05) is 5.54 Å². The standard InChI is InChI=1S/C9H19NO/c1-3-5-9(8-11)6-4-7-10(9)2/h11H,3-8H2,1-2H3/t9-/m0/s1. The smallest absolute Gasteiger partial charge is 0.0615 e. The maximum atomic E-state index is 9.28. The van der Waals surface area contributed by atoms with Crippen LogP contribution in [-0.4, -0.2) is 35.7 Å². The number of hydrogen-bond donors (Lipinski definition) is 1. The van der Waals surface area contributed by atoms with Gasteiger partial charge in [-0.25, -0.2) is 0 Å². The van der Waals surface area contributed by atoms with Gasteiger partial charge in [0.1, 0.15) is 0 Å². The van der Waals surface area contributed by atoms with Gasteiger partial charge in [0.2, 0.25) is 0 Å². The number of rotatable bonds is 3. The molecule has 0 aliphatic carbocycles. The summed E-state index contributed by atoms with van der Waals surface area (Å²) < 4.78 is 0. The summed E-state index contributed by atoms with van der Waals surface area (Å²) in [7, 11) is 2.12. The molecule has 0 aromatic heterocycles. The van der Waals surface area contributed by atoms with E-state index in [1.54, 1.807) is 0 Å². The molecular weight excluding hydrogens is 138 g/mol. The third-order valence-electron chi connectivity index (χ3n) is 2.96. The minimum Gasteiger partial charge on any atom is -0.394 e. The Morgan fingerprint density at radius 3 is 2.64 bits per heavy atom. The van der Waals surface area contributed by atoms with Crippen LogP contribution in [0.25, 0.3) is 0 Å². The zero-order valence-corrected chi connectivity index (χ0v) is 7.64. The van der Waals surface area contributed by atoms with Crippen LogP contribution in [0.1, 0.15) is 32.6 Å². The van der Waals surface area contributed by atoms with Crippen molar-refractivity contribution in [2.24, 2.45) is 0 Å². The summed E-state index contributed by atoms with van der Waals surface area (Å²) in [6.45, 7) is 3.67. The zero-order chi connectivity index (χ0) is 8.32. The Labute approximate surface area is 69.2 Å². The minimum atomic E-state index is 0.134. The minimum absolute atomic E-state index is 0.134. The van der Waals surface area contributed by atoms with Crippen molar-refractivity contribution in [3.05, 3.63) is 0 Å². The first-order valence-corrected chi connectivity index (χ1v) is 4.57. The Balaban J connectivity index is 2.57. The summed E-state index contributed by atoms with van der Waals surface area (Å²) in [5, 5.41) is 9.28. The van der Waals surface area contributed by atoms with E-state index in [2.05, 4.69) is 18.9 Å². The van der Waals surface area contributed by atoms with Crippen molar-refractivity contribution >= 4 is 0 Å². The maximum Gasteiger partial charge on any atom is 0.0615 e. The first-order valence-electron chi connectivity index (χ1n) is 4.57. The maximum absolute atomic E-state index is 9.28. The van der Waals surface area contributed by atoms with Crippen molar-refractivity contribution in [2.75, 3.05) is 20.2 Å². The predicted molar refractivity (Wildman–Crippen MR) is 46.6 cm³/mol. The van der Waals surface area contributed by atoms with Crippen LogP contribution in [0.4, 0.5) is 0 Å². The molecule has 1 saturated heterocycles. The third-order valence-corrected chi connectivity index (χ3v) is 2.96. The topological polar surface area (TPSA) is 23.5 Å². The van der Waals surface area contributed by atoms with Crippen molar-refractivity contribution in [1.29, 1.82) is 0 Å². The first kappa shape index (κ1) is 9.01. The number of nitrogens with zero attached hydrogens (tertiary/aromatic N) is 1. The molecule has 2 nitrogen and oxygen atoms in total. The second-order valence-electron chi connectivity index (χ2n) is 3.66. The van der Waals surface area contributed by atoms with E-state index in [0.717, 1.165) is 13.0 Å². The zero-order valence-electron chi connectivity index (χ0n) is 7.64. The average molecular weight is 157 g/mol. The number of hydrogen-bond acceptors (Lipinski definition) is 2. The molecule has 1 rings (SSSR count). The predicted octanol–water partition coefficient (Wildman–Crippen LogP) is 1.24. The van der Waals surface area contributed by atoms with Gasteiger partial charge in [-0.15, -0.1) is 0 Å². The molecule has 1 fully saturated rings. The van der Waals surface area contributed by atoms with Gasteiger partial charge in [-0.05, 0) is 32.9 Å². The lowest BCUT2D eigenvalue weighted by atomic mass is 9.92. The first-order chi connectivity index (χ1) is 5.25. The van der Waals surface area contributed by atoms with Crippen molar-refractivity contribution in [1.82, 2.24) is 4.90 Å². The average Bonchev–Trinajstić information content (AvgIpc) is 2.35. The lowest BCUT2D eigenvalue weighted by Gasteiger charge is -2.34. The molecule has 0 saturated carbocycles. The summed E-state index contributed by atoms with van der Waals surface area (Å²) in [5.74, 6) is 0. The summed E-state index contributed by atoms with van der Waals surface area (Å²) in [4.78, 5) is 2.32. The van der Waals surface area contributed by atoms with Crippen LogP contribution >= 0.6 is 0 Å². The van der Waals surface area contributed by atoms with Crippen molar-refractivity contribution < 1.29 is 5.11 Å². The molecule has 0 radical (unpaired) electrons. The quantitative estimate of drug-likeness (QED) is 0.666. The summed E-state index contributed by atoms with van der Waals surface area (Å²) in [5.41, 5.74) is 0.134. The van der Waals surface area contributed by atoms with E-state index in [1.165, 1.54) is 19.3 Å². The highest BCUT2D eigenvalue weighted by atomic mass is 16.3. The van der Waals surface area contributed by atoms with E-state index >= 15 is 0 Å². The lowest BCUT2D eigenvalue weighted by Crippen LogP contribution is -2.44. The molecule has 1 heterocycles. The number of aliphatic hydroxyl groups is 1. The van der Waals surface area contributed by atoms with Gasteiger partial charge in [-0.2, -0.15) is 0 Å². The Bertz CT molecular complexity index is 127. The molecule has 11 heavy (non-hydrogen) atoms. The fraction of sp³-hybridized carbons (Fsp3) is 1.00. The van der Waals surface area contributed by atoms with Crippen LogP contribution < -0.4 is 0 Å². The highest BCUT2D eigenvalue weighted by Gasteiger charge is 2.36. The molecule has 1 N–H and O–H groups in total. The van der Waals surface area contributed by atoms with E-state index in [-0.39, 0.29) is 5.54 Å². The molecule has 0 aromatic rings. The van der Waals surface area contributed by atoms with Gasteiger partial charge in [-0.3, -0.25) is 4.90 Å². The van der Waals surface area contributed by atoms with Gasteiger partial charge < -0.3 is 5.11 Å². The Morgan fingerprint density at radius 2 is 2.27 bits per heavy atom.